The maximum atomic E-state index is 12.7. The van der Waals surface area contributed by atoms with Crippen molar-refractivity contribution in [2.45, 2.75) is 17.4 Å². The number of carbonyl (C=O) groups is 1. The number of amidine groups is 1. The fourth-order valence-electron chi connectivity index (χ4n) is 3.36. The Morgan fingerprint density at radius 1 is 1.23 bits per heavy atom. The van der Waals surface area contributed by atoms with E-state index in [2.05, 4.69) is 20.0 Å². The molecule has 160 valence electrons. The van der Waals surface area contributed by atoms with Crippen molar-refractivity contribution >= 4 is 33.4 Å². The summed E-state index contributed by atoms with van der Waals surface area (Å²) in [6, 6.07) is 13.3. The SMILES string of the molecule is Cn1ccnc1[C@H](NC(=O)CCN=C1NS(=O)(=O)c2ccccc21)c1ccc(Cl)cc1. The second-order valence-corrected chi connectivity index (χ2v) is 9.12. The Balaban J connectivity index is 1.47. The van der Waals surface area contributed by atoms with Crippen molar-refractivity contribution in [2.24, 2.45) is 12.0 Å². The van der Waals surface area contributed by atoms with Crippen LogP contribution in [0.5, 0.6) is 0 Å². The van der Waals surface area contributed by atoms with E-state index < -0.39 is 16.1 Å². The molecule has 1 aromatic heterocycles. The number of fused-ring (bicyclic) bond motifs is 1. The third-order valence-corrected chi connectivity index (χ3v) is 6.55. The number of nitrogens with zero attached hydrogens (tertiary/aromatic N) is 3. The number of halogens is 1. The summed E-state index contributed by atoms with van der Waals surface area (Å²) in [4.78, 5) is 21.5. The van der Waals surface area contributed by atoms with Crippen molar-refractivity contribution in [1.82, 2.24) is 19.6 Å². The van der Waals surface area contributed by atoms with E-state index in [1.54, 1.807) is 42.7 Å². The number of aromatic nitrogens is 2. The Morgan fingerprint density at radius 3 is 2.68 bits per heavy atom. The van der Waals surface area contributed by atoms with Crippen LogP contribution in [-0.2, 0) is 21.9 Å². The number of rotatable bonds is 6. The summed E-state index contributed by atoms with van der Waals surface area (Å²) in [6.07, 6.45) is 3.56. The second kappa shape index (κ2) is 8.52. The van der Waals surface area contributed by atoms with Gasteiger partial charge >= 0.3 is 0 Å². The van der Waals surface area contributed by atoms with Crippen LogP contribution in [0.15, 0.2) is 70.8 Å². The second-order valence-electron chi connectivity index (χ2n) is 7.03. The third kappa shape index (κ3) is 4.47. The Kier molecular flexibility index (Phi) is 5.79. The number of nitrogens with one attached hydrogen (secondary N) is 2. The number of hydrogen-bond acceptors (Lipinski definition) is 5. The monoisotopic (exact) mass is 457 g/mol. The number of aryl methyl sites for hydroxylation is 1. The highest BCUT2D eigenvalue weighted by molar-refractivity contribution is 7.90. The molecule has 1 atom stereocenters. The van der Waals surface area contributed by atoms with Crippen LogP contribution < -0.4 is 10.0 Å². The van der Waals surface area contributed by atoms with E-state index in [9.17, 15) is 13.2 Å². The van der Waals surface area contributed by atoms with Crippen molar-refractivity contribution in [2.75, 3.05) is 6.54 Å². The molecule has 3 aromatic rings. The molecule has 0 aliphatic carbocycles. The predicted molar refractivity (Wildman–Crippen MR) is 117 cm³/mol. The van der Waals surface area contributed by atoms with E-state index in [4.69, 9.17) is 11.6 Å². The van der Waals surface area contributed by atoms with Crippen LogP contribution in [-0.4, -0.2) is 36.3 Å². The number of sulfonamides is 1. The summed E-state index contributed by atoms with van der Waals surface area (Å²) in [6.45, 7) is 0.131. The van der Waals surface area contributed by atoms with E-state index in [0.717, 1.165) is 5.56 Å². The minimum atomic E-state index is -3.60. The molecule has 0 radical (unpaired) electrons. The standard InChI is InChI=1S/C21H20ClN5O3S/c1-27-13-12-24-21(27)19(14-6-8-15(22)9-7-14)25-18(28)10-11-23-20-16-4-2-3-5-17(16)31(29,30)26-20/h2-9,12-13,19H,10-11H2,1H3,(H,23,26)(H,25,28)/t19-/m1/s1. The maximum Gasteiger partial charge on any atom is 0.263 e. The number of hydrogen-bond donors (Lipinski definition) is 2. The molecular formula is C21H20ClN5O3S. The normalized spacial score (nSPS) is 16.5. The first kappa shape index (κ1) is 21.1. The van der Waals surface area contributed by atoms with Gasteiger partial charge in [-0.15, -0.1) is 0 Å². The predicted octanol–water partition coefficient (Wildman–Crippen LogP) is 2.41. The summed E-state index contributed by atoms with van der Waals surface area (Å²) in [5.74, 6) is 0.697. The number of benzene rings is 2. The number of aliphatic imine (C=N–C) groups is 1. The topological polar surface area (TPSA) is 105 Å². The van der Waals surface area contributed by atoms with Crippen LogP contribution in [0.1, 0.15) is 29.4 Å². The van der Waals surface area contributed by atoms with Crippen molar-refractivity contribution in [1.29, 1.82) is 0 Å². The van der Waals surface area contributed by atoms with Gasteiger partial charge in [-0.25, -0.2) is 13.4 Å². The highest BCUT2D eigenvalue weighted by Crippen LogP contribution is 2.23. The van der Waals surface area contributed by atoms with Crippen LogP contribution in [0.2, 0.25) is 5.02 Å². The average molecular weight is 458 g/mol. The van der Waals surface area contributed by atoms with E-state index in [0.29, 0.717) is 16.4 Å². The fraction of sp³-hybridized carbons (Fsp3) is 0.190. The minimum absolute atomic E-state index is 0.0852. The number of carbonyl (C=O) groups excluding carboxylic acids is 1. The molecule has 10 heteroatoms. The molecule has 0 saturated heterocycles. The molecule has 1 amide bonds. The van der Waals surface area contributed by atoms with Gasteiger partial charge in [-0.3, -0.25) is 14.5 Å². The van der Waals surface area contributed by atoms with Gasteiger partial charge in [-0.2, -0.15) is 0 Å². The molecular weight excluding hydrogens is 438 g/mol. The quantitative estimate of drug-likeness (QED) is 0.592. The van der Waals surface area contributed by atoms with Crippen molar-refractivity contribution in [3.8, 4) is 0 Å². The first-order chi connectivity index (χ1) is 14.8. The van der Waals surface area contributed by atoms with Gasteiger partial charge < -0.3 is 9.88 Å². The maximum absolute atomic E-state index is 12.7. The third-order valence-electron chi connectivity index (χ3n) is 4.90. The zero-order valence-electron chi connectivity index (χ0n) is 16.6. The van der Waals surface area contributed by atoms with Crippen LogP contribution in [0.4, 0.5) is 0 Å². The molecule has 1 aliphatic heterocycles. The number of imidazole rings is 1. The largest absolute Gasteiger partial charge is 0.342 e. The first-order valence-corrected chi connectivity index (χ1v) is 11.4. The van der Waals surface area contributed by atoms with Crippen molar-refractivity contribution in [3.05, 3.63) is 82.9 Å². The lowest BCUT2D eigenvalue weighted by molar-refractivity contribution is -0.121. The van der Waals surface area contributed by atoms with E-state index in [1.165, 1.54) is 6.07 Å². The van der Waals surface area contributed by atoms with Gasteiger partial charge in [0.05, 0.1) is 11.4 Å². The smallest absolute Gasteiger partial charge is 0.263 e. The number of amides is 1. The Hall–Kier alpha value is -3.17. The molecule has 0 bridgehead atoms. The van der Waals surface area contributed by atoms with Crippen LogP contribution >= 0.6 is 11.6 Å². The fourth-order valence-corrected chi connectivity index (χ4v) is 4.74. The van der Waals surface area contributed by atoms with E-state index in [1.807, 2.05) is 23.7 Å². The molecule has 0 spiro atoms. The molecule has 0 saturated carbocycles. The first-order valence-electron chi connectivity index (χ1n) is 9.54. The van der Waals surface area contributed by atoms with Crippen molar-refractivity contribution in [3.63, 3.8) is 0 Å². The summed E-state index contributed by atoms with van der Waals surface area (Å²) in [5, 5.41) is 3.58. The van der Waals surface area contributed by atoms with Crippen LogP contribution in [0.25, 0.3) is 0 Å². The summed E-state index contributed by atoms with van der Waals surface area (Å²) < 4.78 is 28.6. The summed E-state index contributed by atoms with van der Waals surface area (Å²) in [5.41, 5.74) is 1.35. The molecule has 8 nitrogen and oxygen atoms in total. The summed E-state index contributed by atoms with van der Waals surface area (Å²) >= 11 is 5.99. The van der Waals surface area contributed by atoms with Crippen molar-refractivity contribution < 1.29 is 13.2 Å². The van der Waals surface area contributed by atoms with E-state index >= 15 is 0 Å². The Labute approximate surface area is 185 Å². The molecule has 2 heterocycles. The van der Waals surface area contributed by atoms with Gasteiger partial charge in [0.1, 0.15) is 17.7 Å². The lowest BCUT2D eigenvalue weighted by atomic mass is 10.1. The highest BCUT2D eigenvalue weighted by atomic mass is 35.5. The van der Waals surface area contributed by atoms with Crippen LogP contribution in [0.3, 0.4) is 0 Å². The zero-order chi connectivity index (χ0) is 22.0. The molecule has 0 fully saturated rings. The molecule has 0 unspecified atom stereocenters. The van der Waals surface area contributed by atoms with Gasteiger partial charge in [-0.05, 0) is 29.8 Å². The average Bonchev–Trinajstić information content (AvgIpc) is 3.28. The Bertz CT molecular complexity index is 1250. The van der Waals surface area contributed by atoms with Gasteiger partial charge in [0.2, 0.25) is 5.91 Å². The van der Waals surface area contributed by atoms with Gasteiger partial charge in [-0.1, -0.05) is 35.9 Å². The van der Waals surface area contributed by atoms with Gasteiger partial charge in [0, 0.05) is 36.4 Å². The van der Waals surface area contributed by atoms with Gasteiger partial charge in [0.25, 0.3) is 10.0 Å². The molecule has 31 heavy (non-hydrogen) atoms. The summed E-state index contributed by atoms with van der Waals surface area (Å²) in [7, 11) is -1.75. The van der Waals surface area contributed by atoms with Crippen LogP contribution in [0, 0.1) is 0 Å². The molecule has 2 aromatic carbocycles. The molecule has 4 rings (SSSR count). The van der Waals surface area contributed by atoms with Gasteiger partial charge in [0.15, 0.2) is 0 Å². The zero-order valence-corrected chi connectivity index (χ0v) is 18.2. The lowest BCUT2D eigenvalue weighted by Crippen LogP contribution is -2.31. The molecule has 2 N–H and O–H groups in total. The van der Waals surface area contributed by atoms with E-state index in [-0.39, 0.29) is 29.6 Å². The minimum Gasteiger partial charge on any atom is -0.342 e. The highest BCUT2D eigenvalue weighted by Gasteiger charge is 2.30. The lowest BCUT2D eigenvalue weighted by Gasteiger charge is -2.19. The molecule has 1 aliphatic rings. The Morgan fingerprint density at radius 2 is 1.97 bits per heavy atom.